The first-order valence-corrected chi connectivity index (χ1v) is 5.20. The van der Waals surface area contributed by atoms with Crippen LogP contribution in [0.4, 0.5) is 32.0 Å². The standard InChI is InChI=1S/C11H11F6NO/c12-10(13,14)9(11(15,16)17)19-6-5-7-1-3-8(18)4-2-7/h1-4,9H,5-6,18H2. The molecule has 0 saturated carbocycles. The van der Waals surface area contributed by atoms with Crippen molar-refractivity contribution in [3.05, 3.63) is 29.8 Å². The summed E-state index contributed by atoms with van der Waals surface area (Å²) < 4.78 is 76.7. The van der Waals surface area contributed by atoms with E-state index >= 15 is 0 Å². The molecule has 0 saturated heterocycles. The zero-order valence-corrected chi connectivity index (χ0v) is 9.55. The summed E-state index contributed by atoms with van der Waals surface area (Å²) in [6, 6.07) is 6.02. The molecule has 2 nitrogen and oxygen atoms in total. The number of hydrogen-bond acceptors (Lipinski definition) is 2. The lowest BCUT2D eigenvalue weighted by molar-refractivity contribution is -0.321. The molecular formula is C11H11F6NO. The number of benzene rings is 1. The molecule has 1 aromatic carbocycles. The predicted octanol–water partition coefficient (Wildman–Crippen LogP) is 3.32. The van der Waals surface area contributed by atoms with Gasteiger partial charge in [0.1, 0.15) is 0 Å². The Morgan fingerprint density at radius 2 is 1.42 bits per heavy atom. The third kappa shape index (κ3) is 4.98. The number of alkyl halides is 6. The van der Waals surface area contributed by atoms with Crippen LogP contribution in [0.2, 0.25) is 0 Å². The fourth-order valence-corrected chi connectivity index (χ4v) is 1.35. The number of nitrogens with two attached hydrogens (primary N) is 1. The second kappa shape index (κ2) is 5.68. The predicted molar refractivity (Wildman–Crippen MR) is 56.4 cm³/mol. The van der Waals surface area contributed by atoms with E-state index in [1.807, 2.05) is 0 Å². The topological polar surface area (TPSA) is 35.2 Å². The van der Waals surface area contributed by atoms with Crippen molar-refractivity contribution >= 4 is 5.69 Å². The van der Waals surface area contributed by atoms with E-state index in [1.165, 1.54) is 24.3 Å². The molecule has 1 aromatic rings. The monoisotopic (exact) mass is 287 g/mol. The first-order chi connectivity index (χ1) is 8.60. The van der Waals surface area contributed by atoms with E-state index in [9.17, 15) is 26.3 Å². The van der Waals surface area contributed by atoms with Crippen LogP contribution in [0.1, 0.15) is 5.56 Å². The van der Waals surface area contributed by atoms with Gasteiger partial charge in [0.25, 0.3) is 0 Å². The Balaban J connectivity index is 2.56. The molecule has 0 radical (unpaired) electrons. The van der Waals surface area contributed by atoms with Crippen LogP contribution in [0, 0.1) is 0 Å². The summed E-state index contributed by atoms with van der Waals surface area (Å²) in [5, 5.41) is 0. The zero-order valence-electron chi connectivity index (χ0n) is 9.55. The number of hydrogen-bond donors (Lipinski definition) is 1. The Morgan fingerprint density at radius 1 is 0.947 bits per heavy atom. The SMILES string of the molecule is Nc1ccc(CCOC(C(F)(F)F)C(F)(F)F)cc1. The van der Waals surface area contributed by atoms with Crippen molar-refractivity contribution in [3.8, 4) is 0 Å². The lowest BCUT2D eigenvalue weighted by atomic mass is 10.1. The maximum atomic E-state index is 12.1. The van der Waals surface area contributed by atoms with Crippen molar-refractivity contribution in [2.75, 3.05) is 12.3 Å². The van der Waals surface area contributed by atoms with E-state index in [1.54, 1.807) is 0 Å². The smallest absolute Gasteiger partial charge is 0.399 e. The molecule has 19 heavy (non-hydrogen) atoms. The molecule has 2 N–H and O–H groups in total. The molecular weight excluding hydrogens is 276 g/mol. The van der Waals surface area contributed by atoms with Gasteiger partial charge in [0.15, 0.2) is 0 Å². The van der Waals surface area contributed by atoms with Crippen LogP contribution in [0.3, 0.4) is 0 Å². The fraction of sp³-hybridized carbons (Fsp3) is 0.455. The van der Waals surface area contributed by atoms with Gasteiger partial charge in [0, 0.05) is 5.69 Å². The number of halogens is 6. The van der Waals surface area contributed by atoms with Gasteiger partial charge in [-0.05, 0) is 24.1 Å². The molecule has 108 valence electrons. The Morgan fingerprint density at radius 3 is 1.84 bits per heavy atom. The van der Waals surface area contributed by atoms with Crippen molar-refractivity contribution in [1.82, 2.24) is 0 Å². The van der Waals surface area contributed by atoms with Gasteiger partial charge in [-0.15, -0.1) is 0 Å². The largest absolute Gasteiger partial charge is 0.423 e. The average Bonchev–Trinajstić information content (AvgIpc) is 2.23. The van der Waals surface area contributed by atoms with Gasteiger partial charge in [-0.3, -0.25) is 0 Å². The Bertz CT molecular complexity index is 383. The first-order valence-electron chi connectivity index (χ1n) is 5.20. The first kappa shape index (κ1) is 15.6. The molecule has 8 heteroatoms. The van der Waals surface area contributed by atoms with Gasteiger partial charge in [-0.2, -0.15) is 26.3 Å². The summed E-state index contributed by atoms with van der Waals surface area (Å²) in [5.74, 6) is 0. The van der Waals surface area contributed by atoms with E-state index in [-0.39, 0.29) is 6.42 Å². The normalized spacial score (nSPS) is 13.0. The number of ether oxygens (including phenoxy) is 1. The minimum Gasteiger partial charge on any atom is -0.399 e. The summed E-state index contributed by atoms with van der Waals surface area (Å²) >= 11 is 0. The van der Waals surface area contributed by atoms with Crippen LogP contribution in [-0.4, -0.2) is 25.1 Å². The van der Waals surface area contributed by atoms with Gasteiger partial charge in [0.05, 0.1) is 6.61 Å². The summed E-state index contributed by atoms with van der Waals surface area (Å²) in [4.78, 5) is 0. The van der Waals surface area contributed by atoms with Crippen molar-refractivity contribution in [3.63, 3.8) is 0 Å². The van der Waals surface area contributed by atoms with Crippen molar-refractivity contribution in [2.24, 2.45) is 0 Å². The molecule has 0 aliphatic carbocycles. The van der Waals surface area contributed by atoms with Gasteiger partial charge >= 0.3 is 12.4 Å². The fourth-order valence-electron chi connectivity index (χ4n) is 1.35. The van der Waals surface area contributed by atoms with Crippen LogP contribution in [0.5, 0.6) is 0 Å². The molecule has 0 spiro atoms. The Kier molecular flexibility index (Phi) is 4.67. The zero-order chi connectivity index (χ0) is 14.7. The summed E-state index contributed by atoms with van der Waals surface area (Å²) in [6.07, 6.45) is -14.8. The highest BCUT2D eigenvalue weighted by Crippen LogP contribution is 2.35. The molecule has 0 heterocycles. The number of nitrogen functional groups attached to an aromatic ring is 1. The van der Waals surface area contributed by atoms with Crippen LogP contribution < -0.4 is 5.73 Å². The van der Waals surface area contributed by atoms with Gasteiger partial charge in [0.2, 0.25) is 6.10 Å². The van der Waals surface area contributed by atoms with E-state index in [0.29, 0.717) is 11.3 Å². The molecule has 0 atom stereocenters. The average molecular weight is 287 g/mol. The Labute approximate surface area is 105 Å². The molecule has 0 aliphatic rings. The van der Waals surface area contributed by atoms with Crippen LogP contribution in [0.15, 0.2) is 24.3 Å². The van der Waals surface area contributed by atoms with Crippen molar-refractivity contribution in [1.29, 1.82) is 0 Å². The van der Waals surface area contributed by atoms with Gasteiger partial charge < -0.3 is 10.5 Å². The lowest BCUT2D eigenvalue weighted by Gasteiger charge is -2.23. The second-order valence-corrected chi connectivity index (χ2v) is 3.83. The highest BCUT2D eigenvalue weighted by atomic mass is 19.4. The molecule has 0 fully saturated rings. The number of anilines is 1. The number of rotatable bonds is 4. The van der Waals surface area contributed by atoms with E-state index in [0.717, 1.165) is 0 Å². The third-order valence-corrected chi connectivity index (χ3v) is 2.25. The third-order valence-electron chi connectivity index (χ3n) is 2.25. The second-order valence-electron chi connectivity index (χ2n) is 3.83. The highest BCUT2D eigenvalue weighted by molar-refractivity contribution is 5.39. The quantitative estimate of drug-likeness (QED) is 0.681. The molecule has 1 rings (SSSR count). The molecule has 0 aliphatic heterocycles. The highest BCUT2D eigenvalue weighted by Gasteiger charge is 2.57. The maximum Gasteiger partial charge on any atom is 0.423 e. The van der Waals surface area contributed by atoms with Crippen molar-refractivity contribution < 1.29 is 31.1 Å². The van der Waals surface area contributed by atoms with E-state index in [2.05, 4.69) is 4.74 Å². The van der Waals surface area contributed by atoms with Crippen molar-refractivity contribution in [2.45, 2.75) is 24.9 Å². The Hall–Kier alpha value is -1.44. The van der Waals surface area contributed by atoms with Gasteiger partial charge in [-0.1, -0.05) is 12.1 Å². The van der Waals surface area contributed by atoms with E-state index in [4.69, 9.17) is 5.73 Å². The van der Waals surface area contributed by atoms with Crippen LogP contribution in [-0.2, 0) is 11.2 Å². The van der Waals surface area contributed by atoms with Crippen LogP contribution >= 0.6 is 0 Å². The minimum absolute atomic E-state index is 0.0665. The summed E-state index contributed by atoms with van der Waals surface area (Å²) in [5.41, 5.74) is 6.38. The maximum absolute atomic E-state index is 12.1. The summed E-state index contributed by atoms with van der Waals surface area (Å²) in [6.45, 7) is -0.687. The molecule has 0 amide bonds. The minimum atomic E-state index is -5.47. The van der Waals surface area contributed by atoms with Gasteiger partial charge in [-0.25, -0.2) is 0 Å². The van der Waals surface area contributed by atoms with Crippen LogP contribution in [0.25, 0.3) is 0 Å². The molecule has 0 aromatic heterocycles. The summed E-state index contributed by atoms with van der Waals surface area (Å²) in [7, 11) is 0. The molecule has 0 unspecified atom stereocenters. The van der Waals surface area contributed by atoms with E-state index < -0.39 is 25.1 Å². The lowest BCUT2D eigenvalue weighted by Crippen LogP contribution is -2.44. The molecule has 0 bridgehead atoms.